The van der Waals surface area contributed by atoms with Crippen LogP contribution in [0.15, 0.2) is 24.3 Å². The second kappa shape index (κ2) is 6.43. The fourth-order valence-electron chi connectivity index (χ4n) is 3.59. The minimum Gasteiger partial charge on any atom is -0.441 e. The van der Waals surface area contributed by atoms with Gasteiger partial charge in [-0.3, -0.25) is 9.69 Å². The Kier molecular flexibility index (Phi) is 4.49. The fourth-order valence-corrected chi connectivity index (χ4v) is 3.59. The van der Waals surface area contributed by atoms with Gasteiger partial charge in [0.15, 0.2) is 0 Å². The van der Waals surface area contributed by atoms with Crippen LogP contribution in [0.2, 0.25) is 0 Å². The molecule has 6 nitrogen and oxygen atoms in total. The highest BCUT2D eigenvalue weighted by molar-refractivity contribution is 5.83. The van der Waals surface area contributed by atoms with Crippen molar-refractivity contribution < 1.29 is 14.3 Å². The van der Waals surface area contributed by atoms with Gasteiger partial charge in [-0.2, -0.15) is 0 Å². The van der Waals surface area contributed by atoms with Crippen LogP contribution >= 0.6 is 0 Å². The number of aryl methyl sites for hydroxylation is 1. The number of amides is 2. The first-order valence-corrected chi connectivity index (χ1v) is 8.39. The first kappa shape index (κ1) is 16.8. The van der Waals surface area contributed by atoms with Crippen molar-refractivity contribution in [2.24, 2.45) is 0 Å². The molecule has 1 aromatic rings. The topological polar surface area (TPSA) is 61.9 Å². The minimum atomic E-state index is -0.426. The zero-order valence-corrected chi connectivity index (χ0v) is 14.5. The molecule has 0 bridgehead atoms. The Morgan fingerprint density at radius 1 is 1.33 bits per heavy atom. The molecule has 1 aromatic carbocycles. The van der Waals surface area contributed by atoms with E-state index in [4.69, 9.17) is 4.74 Å². The summed E-state index contributed by atoms with van der Waals surface area (Å²) in [6.45, 7) is 3.81. The molecule has 0 radical (unpaired) electrons. The van der Waals surface area contributed by atoms with Crippen molar-refractivity contribution in [3.8, 4) is 0 Å². The van der Waals surface area contributed by atoms with E-state index in [-0.39, 0.29) is 18.0 Å². The maximum Gasteiger partial charge on any atom is 0.407 e. The molecule has 3 rings (SSSR count). The summed E-state index contributed by atoms with van der Waals surface area (Å²) in [5.41, 5.74) is 1.73. The van der Waals surface area contributed by atoms with Gasteiger partial charge in [0.25, 0.3) is 0 Å². The van der Waals surface area contributed by atoms with Crippen LogP contribution in [-0.4, -0.2) is 61.1 Å². The highest BCUT2D eigenvalue weighted by atomic mass is 16.6. The van der Waals surface area contributed by atoms with E-state index < -0.39 is 5.60 Å². The molecule has 2 amide bonds. The zero-order chi connectivity index (χ0) is 17.3. The number of nitrogens with zero attached hydrogens (tertiary/aromatic N) is 2. The molecule has 6 heteroatoms. The molecule has 0 aliphatic carbocycles. The number of piperidine rings is 1. The van der Waals surface area contributed by atoms with Crippen molar-refractivity contribution in [2.45, 2.75) is 31.4 Å². The van der Waals surface area contributed by atoms with Gasteiger partial charge >= 0.3 is 6.09 Å². The molecule has 2 aliphatic heterocycles. The summed E-state index contributed by atoms with van der Waals surface area (Å²) in [4.78, 5) is 28.3. The third kappa shape index (κ3) is 3.24. The summed E-state index contributed by atoms with van der Waals surface area (Å²) < 4.78 is 5.43. The second-order valence-corrected chi connectivity index (χ2v) is 7.03. The van der Waals surface area contributed by atoms with Gasteiger partial charge in [0.05, 0.1) is 6.54 Å². The molecule has 130 valence electrons. The summed E-state index contributed by atoms with van der Waals surface area (Å²) in [6, 6.07) is 7.80. The number of hydrogen-bond donors (Lipinski definition) is 1. The van der Waals surface area contributed by atoms with Crippen molar-refractivity contribution in [3.63, 3.8) is 0 Å². The number of likely N-dealkylation sites (tertiary alicyclic amines) is 1. The molecular formula is C18H25N3O3. The molecule has 2 saturated heterocycles. The summed E-state index contributed by atoms with van der Waals surface area (Å²) in [7, 11) is 3.86. The van der Waals surface area contributed by atoms with Crippen LogP contribution in [0.4, 0.5) is 4.79 Å². The number of benzene rings is 1. The molecule has 1 spiro atoms. The lowest BCUT2D eigenvalue weighted by Gasteiger charge is -2.39. The lowest BCUT2D eigenvalue weighted by Crippen LogP contribution is -2.51. The molecule has 2 heterocycles. The Hall–Kier alpha value is -2.08. The summed E-state index contributed by atoms with van der Waals surface area (Å²) in [6.07, 6.45) is 1.03. The smallest absolute Gasteiger partial charge is 0.407 e. The monoisotopic (exact) mass is 331 g/mol. The molecule has 2 aliphatic rings. The van der Waals surface area contributed by atoms with Gasteiger partial charge in [0, 0.05) is 25.9 Å². The molecule has 0 saturated carbocycles. The second-order valence-electron chi connectivity index (χ2n) is 7.03. The molecule has 2 fully saturated rings. The fraction of sp³-hybridized carbons (Fsp3) is 0.556. The summed E-state index contributed by atoms with van der Waals surface area (Å²) >= 11 is 0. The van der Waals surface area contributed by atoms with E-state index in [1.54, 1.807) is 0 Å². The highest BCUT2D eigenvalue weighted by Crippen LogP contribution is 2.31. The van der Waals surface area contributed by atoms with Crippen LogP contribution in [0.5, 0.6) is 0 Å². The Bertz CT molecular complexity index is 636. The van der Waals surface area contributed by atoms with Gasteiger partial charge in [-0.05, 0) is 26.6 Å². The summed E-state index contributed by atoms with van der Waals surface area (Å²) in [5.74, 6) is 0.109. The predicted octanol–water partition coefficient (Wildman–Crippen LogP) is 1.70. The first-order chi connectivity index (χ1) is 11.4. The van der Waals surface area contributed by atoms with Crippen molar-refractivity contribution >= 4 is 12.0 Å². The first-order valence-electron chi connectivity index (χ1n) is 8.39. The molecular weight excluding hydrogens is 306 g/mol. The van der Waals surface area contributed by atoms with E-state index in [1.165, 1.54) is 0 Å². The number of nitrogens with one attached hydrogen (secondary N) is 1. The average Bonchev–Trinajstić information content (AvgIpc) is 2.88. The van der Waals surface area contributed by atoms with Gasteiger partial charge in [-0.15, -0.1) is 0 Å². The van der Waals surface area contributed by atoms with Crippen LogP contribution in [0.3, 0.4) is 0 Å². The van der Waals surface area contributed by atoms with Crippen molar-refractivity contribution in [1.29, 1.82) is 0 Å². The maximum absolute atomic E-state index is 13.1. The number of likely N-dealkylation sites (N-methyl/N-ethyl adjacent to an activating group) is 1. The number of alkyl carbamates (subject to hydrolysis) is 1. The predicted molar refractivity (Wildman–Crippen MR) is 90.6 cm³/mol. The maximum atomic E-state index is 13.1. The average molecular weight is 331 g/mol. The van der Waals surface area contributed by atoms with Gasteiger partial charge < -0.3 is 15.0 Å². The third-order valence-corrected chi connectivity index (χ3v) is 4.96. The highest BCUT2D eigenvalue weighted by Gasteiger charge is 2.44. The molecule has 24 heavy (non-hydrogen) atoms. The van der Waals surface area contributed by atoms with Crippen LogP contribution in [0.25, 0.3) is 0 Å². The van der Waals surface area contributed by atoms with E-state index in [9.17, 15) is 9.59 Å². The van der Waals surface area contributed by atoms with Crippen LogP contribution < -0.4 is 5.32 Å². The van der Waals surface area contributed by atoms with E-state index in [0.29, 0.717) is 32.5 Å². The Labute approximate surface area is 142 Å². The largest absolute Gasteiger partial charge is 0.441 e. The van der Waals surface area contributed by atoms with E-state index in [1.807, 2.05) is 49.0 Å². The van der Waals surface area contributed by atoms with E-state index in [0.717, 1.165) is 11.1 Å². The van der Waals surface area contributed by atoms with E-state index >= 15 is 0 Å². The van der Waals surface area contributed by atoms with Gasteiger partial charge in [0.2, 0.25) is 5.91 Å². The number of hydrogen-bond acceptors (Lipinski definition) is 4. The normalized spacial score (nSPS) is 20.8. The van der Waals surface area contributed by atoms with Crippen molar-refractivity contribution in [1.82, 2.24) is 15.1 Å². The number of rotatable bonds is 3. The van der Waals surface area contributed by atoms with Crippen LogP contribution in [0, 0.1) is 6.92 Å². The number of ether oxygens (including phenoxy) is 1. The van der Waals surface area contributed by atoms with Gasteiger partial charge in [0.1, 0.15) is 11.6 Å². The molecule has 0 aromatic heterocycles. The standard InChI is InChI=1S/C18H25N3O3/c1-13-5-4-6-14(11-13)15(20(2)3)16(22)21-9-7-18(8-10-21)12-19-17(23)24-18/h4-6,11,15H,7-10,12H2,1-3H3,(H,19,23)/t15-/m1/s1. The Morgan fingerprint density at radius 2 is 2.04 bits per heavy atom. The third-order valence-electron chi connectivity index (χ3n) is 4.96. The molecule has 1 atom stereocenters. The Morgan fingerprint density at radius 3 is 2.58 bits per heavy atom. The Balaban J connectivity index is 1.72. The molecule has 0 unspecified atom stereocenters. The number of carbonyl (C=O) groups is 2. The minimum absolute atomic E-state index is 0.109. The van der Waals surface area contributed by atoms with E-state index in [2.05, 4.69) is 11.4 Å². The quantitative estimate of drug-likeness (QED) is 0.916. The van der Waals surface area contributed by atoms with Gasteiger partial charge in [-0.1, -0.05) is 29.8 Å². The number of carbonyl (C=O) groups excluding carboxylic acids is 2. The lowest BCUT2D eigenvalue weighted by molar-refractivity contribution is -0.139. The van der Waals surface area contributed by atoms with Crippen molar-refractivity contribution in [3.05, 3.63) is 35.4 Å². The zero-order valence-electron chi connectivity index (χ0n) is 14.5. The molecule has 1 N–H and O–H groups in total. The lowest BCUT2D eigenvalue weighted by atomic mass is 9.91. The van der Waals surface area contributed by atoms with Crippen molar-refractivity contribution in [2.75, 3.05) is 33.7 Å². The van der Waals surface area contributed by atoms with Gasteiger partial charge in [-0.25, -0.2) is 4.79 Å². The summed E-state index contributed by atoms with van der Waals surface area (Å²) in [5, 5.41) is 2.72. The van der Waals surface area contributed by atoms with Crippen LogP contribution in [-0.2, 0) is 9.53 Å². The SMILES string of the molecule is Cc1cccc([C@H](C(=O)N2CCC3(CC2)CNC(=O)O3)N(C)C)c1. The van der Waals surface area contributed by atoms with Crippen LogP contribution in [0.1, 0.15) is 30.0 Å².